The summed E-state index contributed by atoms with van der Waals surface area (Å²) in [6.07, 6.45) is -3.74. The van der Waals surface area contributed by atoms with Crippen LogP contribution in [0.1, 0.15) is 36.2 Å². The summed E-state index contributed by atoms with van der Waals surface area (Å²) in [5.41, 5.74) is 5.05. The molecule has 1 aliphatic heterocycles. The molecular weight excluding hydrogens is 415 g/mol. The number of nitrogens with two attached hydrogens (primary N) is 1. The molecule has 1 saturated heterocycles. The molecule has 162 valence electrons. The second-order valence-electron chi connectivity index (χ2n) is 7.31. The molecule has 2 fully saturated rings. The number of carbonyl (C=O) groups excluding carboxylic acids is 2. The van der Waals surface area contributed by atoms with Crippen molar-refractivity contribution in [3.05, 3.63) is 17.9 Å². The molecule has 1 aliphatic carbocycles. The number of nitrogens with zero attached hydrogens (tertiary/aromatic N) is 2. The van der Waals surface area contributed by atoms with Gasteiger partial charge in [-0.25, -0.2) is 8.42 Å². The van der Waals surface area contributed by atoms with Crippen molar-refractivity contribution in [2.24, 2.45) is 17.6 Å². The Kier molecular flexibility index (Phi) is 5.95. The predicted molar refractivity (Wildman–Crippen MR) is 94.1 cm³/mol. The van der Waals surface area contributed by atoms with Crippen molar-refractivity contribution in [2.45, 2.75) is 37.0 Å². The van der Waals surface area contributed by atoms with Gasteiger partial charge in [-0.1, -0.05) is 6.42 Å². The summed E-state index contributed by atoms with van der Waals surface area (Å²) in [4.78, 5) is 25.2. The summed E-state index contributed by atoms with van der Waals surface area (Å²) in [6, 6.07) is 2.29. The van der Waals surface area contributed by atoms with E-state index in [-0.39, 0.29) is 50.7 Å². The summed E-state index contributed by atoms with van der Waals surface area (Å²) in [5.74, 6) is -3.70. The summed E-state index contributed by atoms with van der Waals surface area (Å²) < 4.78 is 70.2. The largest absolute Gasteiger partial charge is 0.438 e. The molecule has 1 aromatic rings. The monoisotopic (exact) mass is 437 g/mol. The van der Waals surface area contributed by atoms with Crippen molar-refractivity contribution < 1.29 is 35.6 Å². The van der Waals surface area contributed by atoms with E-state index in [0.717, 1.165) is 16.4 Å². The van der Waals surface area contributed by atoms with Crippen molar-refractivity contribution >= 4 is 21.8 Å². The minimum absolute atomic E-state index is 0.0178. The Morgan fingerprint density at radius 2 is 1.76 bits per heavy atom. The maximum absolute atomic E-state index is 13.0. The minimum atomic E-state index is -4.31. The molecule has 29 heavy (non-hydrogen) atoms. The van der Waals surface area contributed by atoms with Crippen LogP contribution in [-0.4, -0.2) is 61.8 Å². The molecule has 12 heteroatoms. The number of furan rings is 1. The van der Waals surface area contributed by atoms with Crippen molar-refractivity contribution in [1.82, 2.24) is 9.21 Å². The Morgan fingerprint density at radius 3 is 2.31 bits per heavy atom. The van der Waals surface area contributed by atoms with Gasteiger partial charge in [0.05, 0.1) is 5.92 Å². The molecule has 2 heterocycles. The molecule has 2 aliphatic rings. The molecule has 0 bridgehead atoms. The fourth-order valence-electron chi connectivity index (χ4n) is 3.84. The third kappa shape index (κ3) is 4.58. The van der Waals surface area contributed by atoms with E-state index >= 15 is 0 Å². The highest BCUT2D eigenvalue weighted by molar-refractivity contribution is 7.89. The third-order valence-electron chi connectivity index (χ3n) is 5.46. The topological polar surface area (TPSA) is 114 Å². The van der Waals surface area contributed by atoms with Gasteiger partial charge in [-0.15, -0.1) is 0 Å². The Balaban J connectivity index is 1.61. The highest BCUT2D eigenvalue weighted by Crippen LogP contribution is 2.40. The normalized spacial score (nSPS) is 24.4. The first-order chi connectivity index (χ1) is 13.5. The Bertz CT molecular complexity index is 875. The van der Waals surface area contributed by atoms with Crippen LogP contribution in [0.5, 0.6) is 0 Å². The molecule has 8 nitrogen and oxygen atoms in total. The van der Waals surface area contributed by atoms with Gasteiger partial charge < -0.3 is 15.1 Å². The number of hydrogen-bond acceptors (Lipinski definition) is 5. The van der Waals surface area contributed by atoms with Crippen LogP contribution in [0.4, 0.5) is 13.2 Å². The number of halogens is 3. The lowest BCUT2D eigenvalue weighted by atomic mass is 9.80. The van der Waals surface area contributed by atoms with E-state index in [1.54, 1.807) is 0 Å². The number of piperazine rings is 1. The Labute approximate surface area is 165 Å². The van der Waals surface area contributed by atoms with Crippen molar-refractivity contribution in [1.29, 1.82) is 0 Å². The lowest BCUT2D eigenvalue weighted by molar-refractivity contribution is -0.187. The molecule has 0 spiro atoms. The average molecular weight is 437 g/mol. The Morgan fingerprint density at radius 1 is 1.10 bits per heavy atom. The van der Waals surface area contributed by atoms with E-state index in [1.165, 1.54) is 4.90 Å². The van der Waals surface area contributed by atoms with E-state index in [9.17, 15) is 31.2 Å². The summed E-state index contributed by atoms with van der Waals surface area (Å²) in [7, 11) is -4.00. The van der Waals surface area contributed by atoms with Gasteiger partial charge in [0.1, 0.15) is 0 Å². The third-order valence-corrected chi connectivity index (χ3v) is 7.23. The van der Waals surface area contributed by atoms with Gasteiger partial charge in [0, 0.05) is 32.1 Å². The van der Waals surface area contributed by atoms with E-state index in [1.807, 2.05) is 0 Å². The van der Waals surface area contributed by atoms with Gasteiger partial charge in [-0.05, 0) is 31.4 Å². The number of sulfonamides is 1. The minimum Gasteiger partial charge on any atom is -0.438 e. The van der Waals surface area contributed by atoms with E-state index < -0.39 is 39.0 Å². The molecule has 2 N–H and O–H groups in total. The fourth-order valence-corrected chi connectivity index (χ4v) is 5.17. The van der Waals surface area contributed by atoms with Crippen molar-refractivity contribution in [3.63, 3.8) is 0 Å². The zero-order chi connectivity index (χ0) is 21.4. The molecule has 2 atom stereocenters. The fraction of sp³-hybridized carbons (Fsp3) is 0.647. The quantitative estimate of drug-likeness (QED) is 0.768. The Hall–Kier alpha value is -2.08. The van der Waals surface area contributed by atoms with E-state index in [0.29, 0.717) is 12.8 Å². The van der Waals surface area contributed by atoms with Gasteiger partial charge >= 0.3 is 6.18 Å². The van der Waals surface area contributed by atoms with Gasteiger partial charge in [-0.3, -0.25) is 9.59 Å². The lowest BCUT2D eigenvalue weighted by Gasteiger charge is -2.37. The molecular formula is C17H22F3N3O5S. The molecule has 2 amide bonds. The number of carbonyl (C=O) groups is 2. The van der Waals surface area contributed by atoms with Crippen LogP contribution in [-0.2, 0) is 14.8 Å². The van der Waals surface area contributed by atoms with Crippen LogP contribution >= 0.6 is 0 Å². The second kappa shape index (κ2) is 7.98. The second-order valence-corrected chi connectivity index (χ2v) is 9.18. The number of hydrogen-bond donors (Lipinski definition) is 1. The number of alkyl halides is 3. The van der Waals surface area contributed by atoms with E-state index in [2.05, 4.69) is 0 Å². The highest BCUT2D eigenvalue weighted by atomic mass is 32.2. The molecule has 0 radical (unpaired) electrons. The van der Waals surface area contributed by atoms with E-state index in [4.69, 9.17) is 10.2 Å². The first-order valence-electron chi connectivity index (χ1n) is 9.25. The number of rotatable bonds is 4. The zero-order valence-corrected chi connectivity index (χ0v) is 16.3. The molecule has 0 aromatic carbocycles. The van der Waals surface area contributed by atoms with Crippen molar-refractivity contribution in [2.75, 3.05) is 26.2 Å². The number of primary amides is 1. The average Bonchev–Trinajstić information content (AvgIpc) is 3.18. The summed E-state index contributed by atoms with van der Waals surface area (Å²) >= 11 is 0. The number of amides is 2. The molecule has 0 unspecified atom stereocenters. The van der Waals surface area contributed by atoms with Gasteiger partial charge in [-0.2, -0.15) is 17.5 Å². The maximum Gasteiger partial charge on any atom is 0.391 e. The summed E-state index contributed by atoms with van der Waals surface area (Å²) in [6.45, 7) is 0.120. The van der Waals surface area contributed by atoms with Gasteiger partial charge in [0.15, 0.2) is 5.76 Å². The highest BCUT2D eigenvalue weighted by Gasteiger charge is 2.44. The van der Waals surface area contributed by atoms with Crippen LogP contribution in [0.2, 0.25) is 0 Å². The predicted octanol–water partition coefficient (Wildman–Crippen LogP) is 1.58. The standard InChI is InChI=1S/C17H22F3N3O5S/c18-17(19,20)12-3-1-2-11(10-12)16(25)22-6-8-23(9-7-22)29(26,27)14-5-4-13(28-14)15(21)24/h4-5,11-12H,1-3,6-10H2,(H2,21,24)/t11-,12+/m0/s1. The molecule has 1 saturated carbocycles. The molecule has 1 aromatic heterocycles. The van der Waals surface area contributed by atoms with Crippen LogP contribution in [0.25, 0.3) is 0 Å². The SMILES string of the molecule is NC(=O)c1ccc(S(=O)(=O)N2CCN(C(=O)[C@H]3CCC[C@@H](C(F)(F)F)C3)CC2)o1. The van der Waals surface area contributed by atoms with Crippen LogP contribution in [0.15, 0.2) is 21.6 Å². The van der Waals surface area contributed by atoms with Gasteiger partial charge in [0.25, 0.3) is 15.9 Å². The summed E-state index contributed by atoms with van der Waals surface area (Å²) in [5, 5.41) is -0.425. The first kappa shape index (κ1) is 21.6. The maximum atomic E-state index is 13.0. The van der Waals surface area contributed by atoms with Crippen LogP contribution < -0.4 is 5.73 Å². The smallest absolute Gasteiger partial charge is 0.391 e. The van der Waals surface area contributed by atoms with Crippen LogP contribution in [0, 0.1) is 11.8 Å². The molecule has 3 rings (SSSR count). The first-order valence-corrected chi connectivity index (χ1v) is 10.7. The lowest BCUT2D eigenvalue weighted by Crippen LogP contribution is -2.52. The van der Waals surface area contributed by atoms with Crippen LogP contribution in [0.3, 0.4) is 0 Å². The van der Waals surface area contributed by atoms with Crippen molar-refractivity contribution in [3.8, 4) is 0 Å². The van der Waals surface area contributed by atoms with Gasteiger partial charge in [0.2, 0.25) is 11.0 Å². The zero-order valence-electron chi connectivity index (χ0n) is 15.5.